The van der Waals surface area contributed by atoms with Gasteiger partial charge < -0.3 is 40.3 Å². The van der Waals surface area contributed by atoms with Crippen molar-refractivity contribution in [1.29, 1.82) is 0 Å². The van der Waals surface area contributed by atoms with E-state index < -0.39 is 93.3 Å². The van der Waals surface area contributed by atoms with E-state index in [-0.39, 0.29) is 34.0 Å². The van der Waals surface area contributed by atoms with Crippen LogP contribution in [-0.4, -0.2) is 94.0 Å². The highest BCUT2D eigenvalue weighted by Crippen LogP contribution is 2.56. The second-order valence-electron chi connectivity index (χ2n) is 11.0. The number of ether oxygens (including phenoxy) is 2. The maximum absolute atomic E-state index is 13.6. The lowest BCUT2D eigenvalue weighted by molar-refractivity contribution is -0.315. The summed E-state index contributed by atoms with van der Waals surface area (Å²) in [6.45, 7) is -0.466. The molecule has 12 nitrogen and oxygen atoms in total. The largest absolute Gasteiger partial charge is 0.479 e. The van der Waals surface area contributed by atoms with Gasteiger partial charge in [0.15, 0.2) is 33.9 Å². The van der Waals surface area contributed by atoms with Crippen LogP contribution in [0, 0.1) is 23.5 Å². The fraction of sp³-hybridized carbons (Fsp3) is 0.481. The molecule has 1 aliphatic heterocycles. The van der Waals surface area contributed by atoms with Gasteiger partial charge in [0.25, 0.3) is 5.91 Å². The maximum Gasteiger partial charge on any atom is 0.335 e. The zero-order chi connectivity index (χ0) is 31.4. The minimum absolute atomic E-state index is 0.00648. The Morgan fingerprint density at radius 2 is 1.67 bits per heavy atom. The number of hydrogen-bond acceptors (Lipinski definition) is 10. The van der Waals surface area contributed by atoms with Crippen molar-refractivity contribution in [2.45, 2.75) is 65.7 Å². The van der Waals surface area contributed by atoms with Gasteiger partial charge in [0.1, 0.15) is 18.3 Å². The standard InChI is InChI=1S/C27H28ClF2NO11S/c28-16-3-1-11(24(35)31-14-2-4-17(29)18(30)9-14)5-19(16)43(39,40)15-7-12-6-13(8-15)27(12,38)10-41-26-22(34)20(32)21(33)23(42-26)25(36)37/h1-5,9,12-13,15,20-23,26,32-34,38H,6-8,10H2,(H,31,35)(H,36,37)/t12?,13?,15?,20-,21-,22+,23-,26+,27?/m0/s1. The number of hydrogen-bond donors (Lipinski definition) is 6. The summed E-state index contributed by atoms with van der Waals surface area (Å²) in [5, 5.41) is 51.7. The van der Waals surface area contributed by atoms with E-state index in [1.807, 2.05) is 0 Å². The molecule has 2 bridgehead atoms. The number of sulfone groups is 1. The van der Waals surface area contributed by atoms with Gasteiger partial charge in [-0.2, -0.15) is 0 Å². The molecule has 43 heavy (non-hydrogen) atoms. The van der Waals surface area contributed by atoms with Crippen molar-refractivity contribution < 1.29 is 61.8 Å². The van der Waals surface area contributed by atoms with Crippen LogP contribution in [0.5, 0.6) is 0 Å². The summed E-state index contributed by atoms with van der Waals surface area (Å²) in [4.78, 5) is 23.8. The van der Waals surface area contributed by atoms with E-state index in [1.54, 1.807) is 0 Å². The zero-order valence-electron chi connectivity index (χ0n) is 22.1. The number of carbonyl (C=O) groups excluding carboxylic acids is 1. The summed E-state index contributed by atoms with van der Waals surface area (Å²) in [6.07, 6.45) is -8.71. The Kier molecular flexibility index (Phi) is 8.56. The van der Waals surface area contributed by atoms with E-state index in [9.17, 15) is 52.3 Å². The number of fused-ring (bicyclic) bond motifs is 2. The van der Waals surface area contributed by atoms with Crippen LogP contribution >= 0.6 is 11.6 Å². The topological polar surface area (TPSA) is 200 Å². The first kappa shape index (κ1) is 31.7. The van der Waals surface area contributed by atoms with Crippen molar-refractivity contribution in [3.8, 4) is 0 Å². The zero-order valence-corrected chi connectivity index (χ0v) is 23.7. The van der Waals surface area contributed by atoms with Gasteiger partial charge in [-0.15, -0.1) is 0 Å². The molecule has 4 fully saturated rings. The molecule has 7 atom stereocenters. The SMILES string of the molecule is O=C(Nc1ccc(F)c(F)c1)c1ccc(Cl)c(S(=O)(=O)C2CC3CC(C2)C3(O)CO[C@@H]2O[C@H](C(=O)O)[C@@H](O)[C@H](O)[C@H]2O)c1. The van der Waals surface area contributed by atoms with Crippen molar-refractivity contribution in [2.75, 3.05) is 11.9 Å². The van der Waals surface area contributed by atoms with Gasteiger partial charge in [0.05, 0.1) is 27.4 Å². The van der Waals surface area contributed by atoms with E-state index in [2.05, 4.69) is 5.32 Å². The van der Waals surface area contributed by atoms with Gasteiger partial charge in [-0.1, -0.05) is 11.6 Å². The molecule has 6 rings (SSSR count). The summed E-state index contributed by atoms with van der Waals surface area (Å²) >= 11 is 6.22. The molecule has 0 radical (unpaired) electrons. The van der Waals surface area contributed by atoms with Crippen molar-refractivity contribution in [3.63, 3.8) is 0 Å². The van der Waals surface area contributed by atoms with Gasteiger partial charge in [-0.05, 0) is 61.4 Å². The second kappa shape index (κ2) is 11.6. The van der Waals surface area contributed by atoms with Crippen LogP contribution in [0.15, 0.2) is 41.3 Å². The monoisotopic (exact) mass is 647 g/mol. The molecular weight excluding hydrogens is 620 g/mol. The Morgan fingerprint density at radius 3 is 2.30 bits per heavy atom. The highest BCUT2D eigenvalue weighted by molar-refractivity contribution is 7.92. The van der Waals surface area contributed by atoms with Crippen LogP contribution < -0.4 is 5.32 Å². The fourth-order valence-electron chi connectivity index (χ4n) is 5.97. The van der Waals surface area contributed by atoms with Crippen LogP contribution in [0.2, 0.25) is 5.02 Å². The first-order chi connectivity index (χ1) is 20.1. The number of carboxylic acid groups (broad SMARTS) is 1. The van der Waals surface area contributed by atoms with Gasteiger partial charge in [0, 0.05) is 17.3 Å². The number of anilines is 1. The summed E-state index contributed by atoms with van der Waals surface area (Å²) in [5.74, 6) is -5.81. The van der Waals surface area contributed by atoms with E-state index in [4.69, 9.17) is 21.1 Å². The van der Waals surface area contributed by atoms with Crippen molar-refractivity contribution in [2.24, 2.45) is 11.8 Å². The Hall–Kier alpha value is -2.76. The summed E-state index contributed by atoms with van der Waals surface area (Å²) in [6, 6.07) is 6.33. The Balaban J connectivity index is 1.26. The van der Waals surface area contributed by atoms with Crippen LogP contribution in [0.25, 0.3) is 0 Å². The third kappa shape index (κ3) is 5.76. The summed E-state index contributed by atoms with van der Waals surface area (Å²) in [5.41, 5.74) is -1.69. The summed E-state index contributed by atoms with van der Waals surface area (Å²) < 4.78 is 64.5. The van der Waals surface area contributed by atoms with Gasteiger partial charge >= 0.3 is 5.97 Å². The van der Waals surface area contributed by atoms with Crippen molar-refractivity contribution in [3.05, 3.63) is 58.6 Å². The maximum atomic E-state index is 13.6. The number of carbonyl (C=O) groups is 2. The number of halogens is 3. The predicted octanol–water partition coefficient (Wildman–Crippen LogP) is 1.08. The number of nitrogens with one attached hydrogen (secondary N) is 1. The average molecular weight is 648 g/mol. The number of carboxylic acids is 1. The molecule has 1 heterocycles. The lowest BCUT2D eigenvalue weighted by Crippen LogP contribution is -2.66. The molecule has 2 aromatic rings. The lowest BCUT2D eigenvalue weighted by Gasteiger charge is -2.58. The van der Waals surface area contributed by atoms with E-state index in [0.717, 1.165) is 24.3 Å². The van der Waals surface area contributed by atoms with Gasteiger partial charge in [-0.3, -0.25) is 4.79 Å². The molecule has 2 aromatic carbocycles. The Labute approximate surface area is 248 Å². The molecule has 4 aliphatic rings. The molecule has 234 valence electrons. The van der Waals surface area contributed by atoms with Crippen LogP contribution in [0.3, 0.4) is 0 Å². The number of benzene rings is 2. The second-order valence-corrected chi connectivity index (χ2v) is 13.6. The minimum atomic E-state index is -4.13. The van der Waals surface area contributed by atoms with Crippen molar-refractivity contribution in [1.82, 2.24) is 0 Å². The number of amides is 1. The lowest BCUT2D eigenvalue weighted by atomic mass is 9.54. The van der Waals surface area contributed by atoms with Gasteiger partial charge in [0.2, 0.25) is 0 Å². The van der Waals surface area contributed by atoms with Crippen molar-refractivity contribution >= 4 is 39.0 Å². The molecule has 6 N–H and O–H groups in total. The number of rotatable bonds is 8. The molecule has 0 spiro atoms. The first-order valence-electron chi connectivity index (χ1n) is 13.2. The molecule has 2 unspecified atom stereocenters. The molecule has 16 heteroatoms. The highest BCUT2D eigenvalue weighted by Gasteiger charge is 2.61. The normalized spacial score (nSPS) is 33.8. The van der Waals surface area contributed by atoms with E-state index in [0.29, 0.717) is 6.42 Å². The van der Waals surface area contributed by atoms with Gasteiger partial charge in [-0.25, -0.2) is 22.0 Å². The van der Waals surface area contributed by atoms with E-state index in [1.165, 1.54) is 12.1 Å². The molecule has 3 aliphatic carbocycles. The molecule has 1 amide bonds. The highest BCUT2D eigenvalue weighted by atomic mass is 35.5. The molecular formula is C27H28ClF2NO11S. The summed E-state index contributed by atoms with van der Waals surface area (Å²) in [7, 11) is -4.13. The minimum Gasteiger partial charge on any atom is -0.479 e. The fourth-order valence-corrected chi connectivity index (χ4v) is 8.37. The quantitative estimate of drug-likeness (QED) is 0.240. The first-order valence-corrected chi connectivity index (χ1v) is 15.1. The predicted molar refractivity (Wildman–Crippen MR) is 143 cm³/mol. The van der Waals surface area contributed by atoms with Crippen LogP contribution in [0.1, 0.15) is 29.6 Å². The number of aliphatic hydroxyl groups excluding tert-OH is 3. The third-order valence-electron chi connectivity index (χ3n) is 8.49. The van der Waals surface area contributed by atoms with Crippen LogP contribution in [-0.2, 0) is 24.1 Å². The Morgan fingerprint density at radius 1 is 1.00 bits per heavy atom. The molecule has 3 saturated carbocycles. The molecule has 1 saturated heterocycles. The number of aliphatic carboxylic acids is 1. The number of aliphatic hydroxyl groups is 4. The average Bonchev–Trinajstić information content (AvgIpc) is 2.97. The third-order valence-corrected chi connectivity index (χ3v) is 11.1. The van der Waals surface area contributed by atoms with E-state index >= 15 is 0 Å². The van der Waals surface area contributed by atoms with Crippen LogP contribution in [0.4, 0.5) is 14.5 Å². The Bertz CT molecular complexity index is 1530. The molecule has 0 aromatic heterocycles. The smallest absolute Gasteiger partial charge is 0.335 e.